The number of rotatable bonds is 6. The fourth-order valence-corrected chi connectivity index (χ4v) is 2.91. The van der Waals surface area contributed by atoms with E-state index in [1.165, 1.54) is 4.90 Å². The number of thioether (sulfide) groups is 1. The number of hydrogen-bond donors (Lipinski definition) is 1. The molecule has 128 valence electrons. The van der Waals surface area contributed by atoms with Crippen LogP contribution in [0.25, 0.3) is 0 Å². The number of likely N-dealkylation sites (N-methyl/N-ethyl adjacent to an activating group) is 2. The fourth-order valence-electron chi connectivity index (χ4n) is 2.50. The van der Waals surface area contributed by atoms with Gasteiger partial charge in [0.1, 0.15) is 0 Å². The molecule has 0 spiro atoms. The van der Waals surface area contributed by atoms with E-state index in [1.807, 2.05) is 69.9 Å². The molecule has 0 bridgehead atoms. The number of nitrogens with zero attached hydrogens (tertiary/aromatic N) is 2. The predicted octanol–water partition coefficient (Wildman–Crippen LogP) is 4.18. The topological polar surface area (TPSA) is 35.6 Å². The summed E-state index contributed by atoms with van der Waals surface area (Å²) in [4.78, 5) is 17.7. The number of carbonyl (C=O) groups is 1. The molecular weight excluding hydrogens is 318 g/mol. The van der Waals surface area contributed by atoms with Crippen LogP contribution in [0, 0.1) is 0 Å². The quantitative estimate of drug-likeness (QED) is 0.800. The summed E-state index contributed by atoms with van der Waals surface area (Å²) in [6.07, 6.45) is 2.03. The van der Waals surface area contributed by atoms with Crippen molar-refractivity contribution in [3.8, 4) is 0 Å². The zero-order valence-corrected chi connectivity index (χ0v) is 15.5. The van der Waals surface area contributed by atoms with E-state index >= 15 is 0 Å². The largest absolute Gasteiger partial charge is 0.322 e. The van der Waals surface area contributed by atoms with Crippen LogP contribution in [-0.4, -0.2) is 49.8 Å². The summed E-state index contributed by atoms with van der Waals surface area (Å²) >= 11 is 1.68. The molecule has 0 heterocycles. The van der Waals surface area contributed by atoms with Gasteiger partial charge in [0.05, 0.1) is 6.04 Å². The van der Waals surface area contributed by atoms with Crippen molar-refractivity contribution in [1.29, 1.82) is 0 Å². The summed E-state index contributed by atoms with van der Waals surface area (Å²) in [7, 11) is 5.87. The Bertz CT molecular complexity index is 643. The highest BCUT2D eigenvalue weighted by atomic mass is 32.2. The third-order valence-electron chi connectivity index (χ3n) is 3.85. The van der Waals surface area contributed by atoms with E-state index in [1.54, 1.807) is 16.7 Å². The van der Waals surface area contributed by atoms with Crippen LogP contribution >= 0.6 is 11.8 Å². The van der Waals surface area contributed by atoms with Crippen molar-refractivity contribution in [2.45, 2.75) is 10.9 Å². The second-order valence-corrected chi connectivity index (χ2v) is 6.84. The third-order valence-corrected chi connectivity index (χ3v) is 4.60. The van der Waals surface area contributed by atoms with Crippen molar-refractivity contribution in [1.82, 2.24) is 9.80 Å². The Labute approximate surface area is 148 Å². The molecule has 0 saturated carbocycles. The van der Waals surface area contributed by atoms with Gasteiger partial charge in [0.15, 0.2) is 0 Å². The Kier molecular flexibility index (Phi) is 6.70. The average molecular weight is 343 g/mol. The van der Waals surface area contributed by atoms with E-state index in [-0.39, 0.29) is 12.1 Å². The van der Waals surface area contributed by atoms with Crippen LogP contribution in [0.15, 0.2) is 59.5 Å². The van der Waals surface area contributed by atoms with Gasteiger partial charge >= 0.3 is 6.03 Å². The van der Waals surface area contributed by atoms with Gasteiger partial charge in [-0.25, -0.2) is 4.79 Å². The zero-order valence-electron chi connectivity index (χ0n) is 14.7. The van der Waals surface area contributed by atoms with Crippen LogP contribution in [-0.2, 0) is 0 Å². The summed E-state index contributed by atoms with van der Waals surface area (Å²) in [5.74, 6) is 0. The smallest absolute Gasteiger partial charge is 0.319 e. The molecule has 0 aliphatic carbocycles. The van der Waals surface area contributed by atoms with Gasteiger partial charge in [0.2, 0.25) is 0 Å². The van der Waals surface area contributed by atoms with E-state index in [0.717, 1.165) is 17.8 Å². The monoisotopic (exact) mass is 343 g/mol. The molecule has 0 unspecified atom stereocenters. The molecule has 5 heteroatoms. The van der Waals surface area contributed by atoms with Crippen molar-refractivity contribution in [2.24, 2.45) is 0 Å². The van der Waals surface area contributed by atoms with Crippen molar-refractivity contribution in [3.05, 3.63) is 60.2 Å². The fraction of sp³-hybridized carbons (Fsp3) is 0.316. The normalized spacial score (nSPS) is 12.0. The Hall–Kier alpha value is -1.98. The molecule has 0 saturated heterocycles. The van der Waals surface area contributed by atoms with Crippen LogP contribution in [0.2, 0.25) is 0 Å². The number of urea groups is 1. The highest BCUT2D eigenvalue weighted by Crippen LogP contribution is 2.22. The van der Waals surface area contributed by atoms with E-state index in [4.69, 9.17) is 0 Å². The van der Waals surface area contributed by atoms with Crippen LogP contribution < -0.4 is 5.32 Å². The third kappa shape index (κ3) is 5.01. The number of anilines is 1. The van der Waals surface area contributed by atoms with Gasteiger partial charge in [0.25, 0.3) is 0 Å². The second kappa shape index (κ2) is 8.76. The van der Waals surface area contributed by atoms with Gasteiger partial charge in [0, 0.05) is 24.2 Å². The SMILES string of the molecule is CSc1ccc(NC(=O)N(C)[C@H](CN(C)C)c2ccccc2)cc1. The molecule has 2 rings (SSSR count). The number of hydrogen-bond acceptors (Lipinski definition) is 3. The van der Waals surface area contributed by atoms with E-state index in [0.29, 0.717) is 0 Å². The van der Waals surface area contributed by atoms with Crippen LogP contribution in [0.3, 0.4) is 0 Å². The molecule has 0 radical (unpaired) electrons. The lowest BCUT2D eigenvalue weighted by atomic mass is 10.1. The maximum atomic E-state index is 12.7. The molecule has 1 N–H and O–H groups in total. The number of carbonyl (C=O) groups excluding carboxylic acids is 1. The van der Waals surface area contributed by atoms with Gasteiger partial charge in [-0.05, 0) is 50.2 Å². The van der Waals surface area contributed by atoms with Crippen molar-refractivity contribution in [3.63, 3.8) is 0 Å². The standard InChI is InChI=1S/C19H25N3OS/c1-21(2)14-18(15-8-6-5-7-9-15)22(3)19(23)20-16-10-12-17(24-4)13-11-16/h5-13,18H,14H2,1-4H3,(H,20,23)/t18-/m1/s1. The first kappa shape index (κ1) is 18.4. The minimum Gasteiger partial charge on any atom is -0.319 e. The van der Waals surface area contributed by atoms with Gasteiger partial charge in [-0.15, -0.1) is 11.8 Å². The average Bonchev–Trinajstić information content (AvgIpc) is 2.60. The summed E-state index contributed by atoms with van der Waals surface area (Å²) in [5, 5.41) is 2.98. The van der Waals surface area contributed by atoms with E-state index in [9.17, 15) is 4.79 Å². The molecule has 1 atom stereocenters. The van der Waals surface area contributed by atoms with E-state index < -0.39 is 0 Å². The maximum absolute atomic E-state index is 12.7. The van der Waals surface area contributed by atoms with Crippen molar-refractivity contribution < 1.29 is 4.79 Å². The summed E-state index contributed by atoms with van der Waals surface area (Å²) < 4.78 is 0. The first-order valence-corrected chi connectivity index (χ1v) is 9.11. The van der Waals surface area contributed by atoms with Gasteiger partial charge in [-0.3, -0.25) is 0 Å². The summed E-state index contributed by atoms with van der Waals surface area (Å²) in [5.41, 5.74) is 1.93. The van der Waals surface area contributed by atoms with Crippen molar-refractivity contribution >= 4 is 23.5 Å². The Morgan fingerprint density at radius 2 is 1.67 bits per heavy atom. The number of amides is 2. The van der Waals surface area contributed by atoms with Crippen LogP contribution in [0.1, 0.15) is 11.6 Å². The Balaban J connectivity index is 2.12. The molecule has 2 amide bonds. The van der Waals surface area contributed by atoms with E-state index in [2.05, 4.69) is 22.3 Å². The second-order valence-electron chi connectivity index (χ2n) is 5.96. The minimum atomic E-state index is -0.109. The molecule has 2 aromatic rings. The molecule has 0 aromatic heterocycles. The van der Waals surface area contributed by atoms with Crippen LogP contribution in [0.5, 0.6) is 0 Å². The predicted molar refractivity (Wildman–Crippen MR) is 103 cm³/mol. The summed E-state index contributed by atoms with van der Waals surface area (Å²) in [6.45, 7) is 0.763. The van der Waals surface area contributed by atoms with Gasteiger partial charge in [-0.2, -0.15) is 0 Å². The number of benzene rings is 2. The summed E-state index contributed by atoms with van der Waals surface area (Å²) in [6, 6.07) is 17.9. The van der Waals surface area contributed by atoms with Crippen LogP contribution in [0.4, 0.5) is 10.5 Å². The molecule has 2 aromatic carbocycles. The molecule has 0 aliphatic heterocycles. The lowest BCUT2D eigenvalue weighted by Gasteiger charge is -2.31. The van der Waals surface area contributed by atoms with Gasteiger partial charge < -0.3 is 15.1 Å². The zero-order chi connectivity index (χ0) is 17.5. The Morgan fingerprint density at radius 1 is 1.04 bits per heavy atom. The molecule has 24 heavy (non-hydrogen) atoms. The highest BCUT2D eigenvalue weighted by Gasteiger charge is 2.22. The first-order valence-electron chi connectivity index (χ1n) is 7.89. The van der Waals surface area contributed by atoms with Gasteiger partial charge in [-0.1, -0.05) is 30.3 Å². The Morgan fingerprint density at radius 3 is 2.21 bits per heavy atom. The lowest BCUT2D eigenvalue weighted by Crippen LogP contribution is -2.39. The van der Waals surface area contributed by atoms with Crippen molar-refractivity contribution in [2.75, 3.05) is 39.3 Å². The minimum absolute atomic E-state index is 0.00771. The highest BCUT2D eigenvalue weighted by molar-refractivity contribution is 7.98. The first-order chi connectivity index (χ1) is 11.5. The molecular formula is C19H25N3OS. The number of nitrogens with one attached hydrogen (secondary N) is 1. The maximum Gasteiger partial charge on any atom is 0.322 e. The lowest BCUT2D eigenvalue weighted by molar-refractivity contribution is 0.188. The molecule has 0 aliphatic rings. The molecule has 4 nitrogen and oxygen atoms in total. The molecule has 0 fully saturated rings.